The first-order valence-electron chi connectivity index (χ1n) is 12.0. The maximum Gasteiger partial charge on any atom is 0.123 e. The molecule has 1 N–H and O–H groups in total. The van der Waals surface area contributed by atoms with E-state index in [0.717, 1.165) is 35.7 Å². The van der Waals surface area contributed by atoms with Crippen LogP contribution in [0.5, 0.6) is 5.75 Å². The summed E-state index contributed by atoms with van der Waals surface area (Å²) in [5.74, 6) is 1.32. The first-order chi connectivity index (χ1) is 16.7. The largest absolute Gasteiger partial charge is 0.489 e. The van der Waals surface area contributed by atoms with Crippen LogP contribution in [0, 0.1) is 0 Å². The van der Waals surface area contributed by atoms with E-state index < -0.39 is 0 Å². The van der Waals surface area contributed by atoms with Crippen LogP contribution in [0.1, 0.15) is 41.5 Å². The summed E-state index contributed by atoms with van der Waals surface area (Å²) >= 11 is 6.11. The molecule has 4 aromatic carbocycles. The van der Waals surface area contributed by atoms with Crippen molar-refractivity contribution >= 4 is 11.6 Å². The summed E-state index contributed by atoms with van der Waals surface area (Å²) < 4.78 is 6.15. The van der Waals surface area contributed by atoms with Crippen LogP contribution < -0.4 is 10.1 Å². The Morgan fingerprint density at radius 2 is 1.41 bits per heavy atom. The lowest BCUT2D eigenvalue weighted by molar-refractivity contribution is 0.302. The fraction of sp³-hybridized carbons (Fsp3) is 0.226. The normalized spacial score (nSPS) is 12.0. The van der Waals surface area contributed by atoms with Gasteiger partial charge in [-0.1, -0.05) is 103 Å². The molecule has 3 heteroatoms. The number of halogens is 1. The van der Waals surface area contributed by atoms with Gasteiger partial charge in [0.15, 0.2) is 0 Å². The van der Waals surface area contributed by atoms with Gasteiger partial charge in [-0.05, 0) is 66.8 Å². The summed E-state index contributed by atoms with van der Waals surface area (Å²) in [6.45, 7) is 3.70. The van der Waals surface area contributed by atoms with E-state index in [2.05, 4.69) is 85.0 Å². The summed E-state index contributed by atoms with van der Waals surface area (Å²) in [7, 11) is 0. The van der Waals surface area contributed by atoms with E-state index in [1.165, 1.54) is 16.7 Å². The zero-order valence-corrected chi connectivity index (χ0v) is 20.4. The van der Waals surface area contributed by atoms with Crippen molar-refractivity contribution in [2.24, 2.45) is 0 Å². The zero-order chi connectivity index (χ0) is 23.6. The Hall–Kier alpha value is -3.07. The Morgan fingerprint density at radius 1 is 0.765 bits per heavy atom. The smallest absolute Gasteiger partial charge is 0.123 e. The molecule has 0 saturated heterocycles. The molecule has 0 fully saturated rings. The fourth-order valence-corrected chi connectivity index (χ4v) is 4.59. The fourth-order valence-electron chi connectivity index (χ4n) is 4.37. The molecule has 0 amide bonds. The highest BCUT2D eigenvalue weighted by Gasteiger charge is 2.15. The van der Waals surface area contributed by atoms with Crippen LogP contribution in [-0.4, -0.2) is 12.6 Å². The lowest BCUT2D eigenvalue weighted by atomic mass is 9.88. The molecule has 0 aliphatic carbocycles. The van der Waals surface area contributed by atoms with Crippen LogP contribution in [0.25, 0.3) is 0 Å². The third-order valence-corrected chi connectivity index (χ3v) is 6.35. The average Bonchev–Trinajstić information content (AvgIpc) is 2.87. The molecule has 0 radical (unpaired) electrons. The van der Waals surface area contributed by atoms with Crippen LogP contribution >= 0.6 is 11.6 Å². The molecule has 0 saturated carbocycles. The molecule has 0 aliphatic rings. The maximum absolute atomic E-state index is 6.15. The Morgan fingerprint density at radius 3 is 2.09 bits per heavy atom. The van der Waals surface area contributed by atoms with Crippen LogP contribution in [-0.2, 0) is 13.0 Å². The molecule has 174 valence electrons. The topological polar surface area (TPSA) is 21.3 Å². The van der Waals surface area contributed by atoms with Gasteiger partial charge < -0.3 is 10.1 Å². The van der Waals surface area contributed by atoms with Crippen LogP contribution in [0.4, 0.5) is 0 Å². The Balaban J connectivity index is 1.34. The molecular formula is C31H32ClNO. The van der Waals surface area contributed by atoms with E-state index in [-0.39, 0.29) is 0 Å². The number of rotatable bonds is 11. The Bertz CT molecular complexity index is 1110. The lowest BCUT2D eigenvalue weighted by Gasteiger charge is -2.21. The Kier molecular flexibility index (Phi) is 8.78. The molecule has 34 heavy (non-hydrogen) atoms. The van der Waals surface area contributed by atoms with E-state index in [1.807, 2.05) is 36.4 Å². The van der Waals surface area contributed by atoms with E-state index in [4.69, 9.17) is 16.3 Å². The molecule has 0 aromatic heterocycles. The van der Waals surface area contributed by atoms with Crippen molar-refractivity contribution in [3.05, 3.63) is 136 Å². The van der Waals surface area contributed by atoms with Gasteiger partial charge in [-0.3, -0.25) is 0 Å². The molecule has 0 heterocycles. The Labute approximate surface area is 208 Å². The molecule has 0 bridgehead atoms. The van der Waals surface area contributed by atoms with E-state index in [9.17, 15) is 0 Å². The first-order valence-corrected chi connectivity index (χ1v) is 12.4. The predicted molar refractivity (Wildman–Crippen MR) is 143 cm³/mol. The lowest BCUT2D eigenvalue weighted by Crippen LogP contribution is -2.30. The van der Waals surface area contributed by atoms with Gasteiger partial charge in [0, 0.05) is 17.0 Å². The van der Waals surface area contributed by atoms with Crippen LogP contribution in [0.2, 0.25) is 5.02 Å². The molecule has 4 rings (SSSR count). The minimum absolute atomic E-state index is 0.336. The summed E-state index contributed by atoms with van der Waals surface area (Å²) in [6, 6.07) is 38.1. The van der Waals surface area contributed by atoms with Gasteiger partial charge in [0.25, 0.3) is 0 Å². The second kappa shape index (κ2) is 12.4. The zero-order valence-electron chi connectivity index (χ0n) is 19.7. The van der Waals surface area contributed by atoms with E-state index in [1.54, 1.807) is 0 Å². The number of hydrogen-bond donors (Lipinski definition) is 1. The van der Waals surface area contributed by atoms with Gasteiger partial charge in [-0.15, -0.1) is 0 Å². The molecule has 0 aliphatic heterocycles. The van der Waals surface area contributed by atoms with Crippen molar-refractivity contribution < 1.29 is 4.74 Å². The summed E-state index contributed by atoms with van der Waals surface area (Å²) in [5.41, 5.74) is 5.01. The second-order valence-corrected chi connectivity index (χ2v) is 9.18. The van der Waals surface area contributed by atoms with Crippen molar-refractivity contribution in [2.75, 3.05) is 6.54 Å². The van der Waals surface area contributed by atoms with Crippen molar-refractivity contribution in [1.29, 1.82) is 0 Å². The third kappa shape index (κ3) is 6.96. The van der Waals surface area contributed by atoms with Gasteiger partial charge in [-0.2, -0.15) is 0 Å². The highest BCUT2D eigenvalue weighted by atomic mass is 35.5. The number of hydrogen-bond acceptors (Lipinski definition) is 2. The minimum atomic E-state index is 0.336. The van der Waals surface area contributed by atoms with Crippen molar-refractivity contribution in [2.45, 2.75) is 38.3 Å². The molecular weight excluding hydrogens is 438 g/mol. The maximum atomic E-state index is 6.15. The number of para-hydroxylation sites is 1. The standard InChI is InChI=1S/C31H32ClNO/c1-24(21-28-16-8-9-18-31(28)34-23-25-11-10-17-29(32)22-25)33-20-19-30(26-12-4-2-5-13-26)27-14-6-3-7-15-27/h2-18,22,24,30,33H,19-21,23H2,1H3. The number of benzene rings is 4. The van der Waals surface area contributed by atoms with Crippen molar-refractivity contribution in [3.8, 4) is 5.75 Å². The van der Waals surface area contributed by atoms with Gasteiger partial charge in [0.05, 0.1) is 0 Å². The molecule has 1 unspecified atom stereocenters. The van der Waals surface area contributed by atoms with Crippen molar-refractivity contribution in [3.63, 3.8) is 0 Å². The SMILES string of the molecule is CC(Cc1ccccc1OCc1cccc(Cl)c1)NCCC(c1ccccc1)c1ccccc1. The molecule has 2 nitrogen and oxygen atoms in total. The first kappa shape index (κ1) is 24.1. The quantitative estimate of drug-likeness (QED) is 0.243. The average molecular weight is 470 g/mol. The minimum Gasteiger partial charge on any atom is -0.489 e. The third-order valence-electron chi connectivity index (χ3n) is 6.11. The van der Waals surface area contributed by atoms with Crippen LogP contribution in [0.3, 0.4) is 0 Å². The van der Waals surface area contributed by atoms with Crippen molar-refractivity contribution in [1.82, 2.24) is 5.32 Å². The predicted octanol–water partition coefficient (Wildman–Crippen LogP) is 7.66. The highest BCUT2D eigenvalue weighted by Crippen LogP contribution is 2.27. The summed E-state index contributed by atoms with van der Waals surface area (Å²) in [5, 5.41) is 4.47. The number of ether oxygens (including phenoxy) is 1. The van der Waals surface area contributed by atoms with E-state index in [0.29, 0.717) is 18.6 Å². The number of nitrogens with one attached hydrogen (secondary N) is 1. The van der Waals surface area contributed by atoms with Gasteiger partial charge in [0.2, 0.25) is 0 Å². The molecule has 0 spiro atoms. The van der Waals surface area contributed by atoms with Gasteiger partial charge in [-0.25, -0.2) is 0 Å². The van der Waals surface area contributed by atoms with Gasteiger partial charge >= 0.3 is 0 Å². The van der Waals surface area contributed by atoms with E-state index >= 15 is 0 Å². The highest BCUT2D eigenvalue weighted by molar-refractivity contribution is 6.30. The van der Waals surface area contributed by atoms with Gasteiger partial charge in [0.1, 0.15) is 12.4 Å². The summed E-state index contributed by atoms with van der Waals surface area (Å²) in [6.07, 6.45) is 1.96. The summed E-state index contributed by atoms with van der Waals surface area (Å²) in [4.78, 5) is 0. The monoisotopic (exact) mass is 469 g/mol. The molecule has 4 aromatic rings. The molecule has 1 atom stereocenters. The van der Waals surface area contributed by atoms with Crippen LogP contribution in [0.15, 0.2) is 109 Å². The second-order valence-electron chi connectivity index (χ2n) is 8.75.